The Hall–Kier alpha value is -4.18. The monoisotopic (exact) mass is 1300 g/mol. The van der Waals surface area contributed by atoms with Crippen LogP contribution in [-0.4, -0.2) is 154 Å². The van der Waals surface area contributed by atoms with Crippen molar-refractivity contribution in [2.24, 2.45) is 35.5 Å². The molecule has 12 nitrogen and oxygen atoms in total. The molecule has 0 amide bonds. The largest absolute Gasteiger partial charge is 0.407 e. The molecule has 1 aromatic heterocycles. The summed E-state index contributed by atoms with van der Waals surface area (Å²) in [6.07, 6.45) is 9.56. The quantitative estimate of drug-likeness (QED) is 0.0236. The standard InChI is InChI=1S/C36H57NO4Si.C27H38O3Si.C13H21N3OS/c1-12-27(3)33(41-34-29(5)32(37(10)11)23-28(4)40-34)36(9,38)24-26(2)25-39-42(35(6,7)8,30-19-15-13-16-20-30)31-21-17-14-18-22-31;1-7-22(3)25(28)27(20-29-27)18-21(2)19-30-31(26(4,5)6,23-14-10-8-11-15-23)24-16-12-9-13-17-24;1-9-8-11(16(3)4)10(2)12(17-9)18-13-14-6-5-7-15-13/h12-22,26-29,32-34,38H,1,23-25H2,2-11H3;7-17,21-22,25,28H,1,18-20H2,2-6H3;5-7,9-12H,8H2,1-4H3/t26-,27+,28-,29-,32+,33-,34?,36-;21-,22+,25-,27+;9-,10-,11+,12?/m111/s1. The van der Waals surface area contributed by atoms with E-state index in [9.17, 15) is 10.2 Å². The van der Waals surface area contributed by atoms with Gasteiger partial charge in [0.25, 0.3) is 16.6 Å². The molecule has 0 radical (unpaired) electrons. The van der Waals surface area contributed by atoms with Crippen LogP contribution < -0.4 is 20.7 Å². The third-order valence-corrected chi connectivity index (χ3v) is 30.4. The van der Waals surface area contributed by atoms with E-state index in [1.165, 1.54) is 20.7 Å². The van der Waals surface area contributed by atoms with Crippen LogP contribution in [0.5, 0.6) is 0 Å². The fourth-order valence-corrected chi connectivity index (χ4v) is 24.7. The lowest BCUT2D eigenvalue weighted by Crippen LogP contribution is -2.67. The Balaban J connectivity index is 0.000000234. The van der Waals surface area contributed by atoms with Gasteiger partial charge in [-0.15, -0.1) is 13.2 Å². The van der Waals surface area contributed by atoms with Crippen LogP contribution >= 0.6 is 11.8 Å². The lowest BCUT2D eigenvalue weighted by Gasteiger charge is -2.46. The molecule has 91 heavy (non-hydrogen) atoms. The molecule has 5 aromatic rings. The topological polar surface area (TPSA) is 131 Å². The first kappa shape index (κ1) is 75.8. The highest BCUT2D eigenvalue weighted by atomic mass is 32.2. The van der Waals surface area contributed by atoms with Crippen molar-refractivity contribution in [3.8, 4) is 0 Å². The Kier molecular flexibility index (Phi) is 27.9. The van der Waals surface area contributed by atoms with Gasteiger partial charge in [-0.1, -0.05) is 228 Å². The average Bonchev–Trinajstić information content (AvgIpc) is 1.79. The van der Waals surface area contributed by atoms with Crippen LogP contribution in [-0.2, 0) is 27.8 Å². The number of benzene rings is 4. The summed E-state index contributed by atoms with van der Waals surface area (Å²) in [7, 11) is 3.30. The van der Waals surface area contributed by atoms with E-state index >= 15 is 0 Å². The number of nitrogens with zero attached hydrogens (tertiary/aromatic N) is 4. The van der Waals surface area contributed by atoms with E-state index in [1.807, 2.05) is 26.0 Å². The minimum Gasteiger partial charge on any atom is -0.407 e. The zero-order valence-corrected chi connectivity index (χ0v) is 61.7. The molecule has 3 fully saturated rings. The Labute approximate surface area is 556 Å². The van der Waals surface area contributed by atoms with Crippen molar-refractivity contribution in [2.45, 2.75) is 204 Å². The first-order valence-electron chi connectivity index (χ1n) is 33.4. The lowest BCUT2D eigenvalue weighted by molar-refractivity contribution is -0.277. The maximum atomic E-state index is 12.0. The highest BCUT2D eigenvalue weighted by Crippen LogP contribution is 2.44. The molecular weight excluding hydrogens is 1190 g/mol. The molecule has 2 N–H and O–H groups in total. The van der Waals surface area contributed by atoms with Crippen LogP contribution in [0, 0.1) is 35.5 Å². The molecule has 2 unspecified atom stereocenters. The molecule has 15 heteroatoms. The molecule has 0 spiro atoms. The summed E-state index contributed by atoms with van der Waals surface area (Å²) >= 11 is 1.63. The number of aliphatic hydroxyl groups excluding tert-OH is 1. The minimum atomic E-state index is -2.67. The highest BCUT2D eigenvalue weighted by Gasteiger charge is 2.55. The molecule has 0 aliphatic carbocycles. The van der Waals surface area contributed by atoms with Gasteiger partial charge in [0.15, 0.2) is 11.4 Å². The number of hydrogen-bond donors (Lipinski definition) is 2. The van der Waals surface area contributed by atoms with E-state index in [4.69, 9.17) is 27.8 Å². The Morgan fingerprint density at radius 2 is 1.01 bits per heavy atom. The Morgan fingerprint density at radius 1 is 0.615 bits per heavy atom. The molecule has 0 bridgehead atoms. The molecule has 502 valence electrons. The summed E-state index contributed by atoms with van der Waals surface area (Å²) in [5, 5.41) is 28.5. The summed E-state index contributed by atoms with van der Waals surface area (Å²) in [6.45, 7) is 42.4. The number of thioether (sulfide) groups is 1. The van der Waals surface area contributed by atoms with Gasteiger partial charge in [0, 0.05) is 61.4 Å². The van der Waals surface area contributed by atoms with Crippen LogP contribution in [0.1, 0.15) is 130 Å². The number of epoxide rings is 1. The second-order valence-electron chi connectivity index (χ2n) is 29.5. The second kappa shape index (κ2) is 33.5. The van der Waals surface area contributed by atoms with Crippen molar-refractivity contribution < 1.29 is 38.0 Å². The van der Waals surface area contributed by atoms with Crippen LogP contribution in [0.15, 0.2) is 170 Å². The summed E-state index contributed by atoms with van der Waals surface area (Å²) in [5.74, 6) is 0.925. The van der Waals surface area contributed by atoms with Crippen molar-refractivity contribution in [3.05, 3.63) is 165 Å². The van der Waals surface area contributed by atoms with Crippen molar-refractivity contribution in [2.75, 3.05) is 48.0 Å². The van der Waals surface area contributed by atoms with Gasteiger partial charge in [0.1, 0.15) is 11.0 Å². The molecular formula is C76H116N4O8SSi2. The minimum absolute atomic E-state index is 0.00676. The number of hydrogen-bond acceptors (Lipinski definition) is 13. The molecule has 3 aliphatic rings. The highest BCUT2D eigenvalue weighted by molar-refractivity contribution is 7.99. The first-order valence-corrected chi connectivity index (χ1v) is 38.1. The predicted molar refractivity (Wildman–Crippen MR) is 383 cm³/mol. The average molecular weight is 1300 g/mol. The Bertz CT molecular complexity index is 2840. The number of aromatic nitrogens is 2. The smallest absolute Gasteiger partial charge is 0.261 e. The summed E-state index contributed by atoms with van der Waals surface area (Å²) < 4.78 is 39.1. The van der Waals surface area contributed by atoms with Gasteiger partial charge in [-0.2, -0.15) is 0 Å². The third-order valence-electron chi connectivity index (χ3n) is 19.2. The fourth-order valence-electron chi connectivity index (χ4n) is 14.2. The Morgan fingerprint density at radius 3 is 1.40 bits per heavy atom. The molecule has 3 aliphatic heterocycles. The molecule has 0 saturated carbocycles. The molecule has 4 aromatic carbocycles. The van der Waals surface area contributed by atoms with Crippen LogP contribution in [0.3, 0.4) is 0 Å². The van der Waals surface area contributed by atoms with Crippen LogP contribution in [0.4, 0.5) is 0 Å². The van der Waals surface area contributed by atoms with Crippen LogP contribution in [0.25, 0.3) is 0 Å². The van der Waals surface area contributed by atoms with Gasteiger partial charge in [-0.05, 0) is 123 Å². The lowest BCUT2D eigenvalue weighted by atomic mass is 9.82. The third kappa shape index (κ3) is 19.3. The molecule has 4 heterocycles. The van der Waals surface area contributed by atoms with Gasteiger partial charge in [0.2, 0.25) is 0 Å². The van der Waals surface area contributed by atoms with E-state index in [2.05, 4.69) is 272 Å². The molecule has 3 saturated heterocycles. The van der Waals surface area contributed by atoms with E-state index in [0.29, 0.717) is 44.2 Å². The van der Waals surface area contributed by atoms with E-state index in [-0.39, 0.29) is 57.3 Å². The van der Waals surface area contributed by atoms with E-state index in [1.54, 1.807) is 30.2 Å². The zero-order valence-electron chi connectivity index (χ0n) is 58.9. The second-order valence-corrected chi connectivity index (χ2v) is 39.2. The number of aliphatic hydroxyl groups is 2. The maximum absolute atomic E-state index is 12.0. The SMILES string of the molecule is C=C[C@H](C)[C@@H](O)[C@]1(C[C@@H](C)CO[Si](c2ccccc2)(c2ccccc2)C(C)(C)C)CO1.C=C[C@H](C)[C@@H](OC1O[C@H](C)C[C@H](N(C)C)[C@H]1C)[C@](C)(O)C[C@@H](C)CO[Si](c1ccccc1)(c1ccccc1)C(C)(C)C.C[C@@H]1C[C@H](N(C)C)[C@@H](C)C(Sc2ncccn2)O1. The normalized spacial score (nSPS) is 25.7. The summed E-state index contributed by atoms with van der Waals surface area (Å²) in [6, 6.07) is 45.6. The maximum Gasteiger partial charge on any atom is 0.261 e. The fraction of sp³-hybridized carbons (Fsp3) is 0.579. The van der Waals surface area contributed by atoms with Gasteiger partial charge >= 0.3 is 0 Å². The zero-order chi connectivity index (χ0) is 67.1. The van der Waals surface area contributed by atoms with Crippen molar-refractivity contribution >= 4 is 49.1 Å². The summed E-state index contributed by atoms with van der Waals surface area (Å²) in [5.41, 5.74) is -1.44. The van der Waals surface area contributed by atoms with E-state index in [0.717, 1.165) is 24.4 Å². The van der Waals surface area contributed by atoms with Gasteiger partial charge in [0.05, 0.1) is 36.6 Å². The number of rotatable bonds is 26. The van der Waals surface area contributed by atoms with Gasteiger partial charge in [-0.3, -0.25) is 0 Å². The van der Waals surface area contributed by atoms with E-state index < -0.39 is 46.3 Å². The van der Waals surface area contributed by atoms with Crippen molar-refractivity contribution in [3.63, 3.8) is 0 Å². The molecule has 8 rings (SSSR count). The first-order chi connectivity index (χ1) is 42.9. The van der Waals surface area contributed by atoms with Crippen molar-refractivity contribution in [1.29, 1.82) is 0 Å². The van der Waals surface area contributed by atoms with Gasteiger partial charge < -0.3 is 47.8 Å². The number of ether oxygens (including phenoxy) is 4. The predicted octanol–water partition coefficient (Wildman–Crippen LogP) is 13.1. The summed E-state index contributed by atoms with van der Waals surface area (Å²) in [4.78, 5) is 13.1. The molecule has 16 atom stereocenters. The van der Waals surface area contributed by atoms with Crippen LogP contribution in [0.2, 0.25) is 10.1 Å². The van der Waals surface area contributed by atoms with Crippen molar-refractivity contribution in [1.82, 2.24) is 19.8 Å². The van der Waals surface area contributed by atoms with Gasteiger partial charge in [-0.25, -0.2) is 9.97 Å².